The molecule has 0 radical (unpaired) electrons. The van der Waals surface area contributed by atoms with Crippen LogP contribution in [0.4, 0.5) is 0 Å². The van der Waals surface area contributed by atoms with Crippen molar-refractivity contribution in [3.63, 3.8) is 0 Å². The summed E-state index contributed by atoms with van der Waals surface area (Å²) in [7, 11) is 0. The number of aryl methyl sites for hydroxylation is 1. The van der Waals surface area contributed by atoms with Gasteiger partial charge in [-0.05, 0) is 24.6 Å². The molecule has 1 unspecified atom stereocenters. The Bertz CT molecular complexity index is 571. The van der Waals surface area contributed by atoms with Gasteiger partial charge in [0, 0.05) is 22.2 Å². The van der Waals surface area contributed by atoms with Gasteiger partial charge in [-0.15, -0.1) is 11.8 Å². The predicted octanol–water partition coefficient (Wildman–Crippen LogP) is 4.39. The van der Waals surface area contributed by atoms with E-state index in [1.807, 2.05) is 28.9 Å². The third kappa shape index (κ3) is 3.92. The zero-order valence-electron chi connectivity index (χ0n) is 11.2. The number of hydrogen-bond donors (Lipinski definition) is 1. The molecule has 0 saturated carbocycles. The zero-order chi connectivity index (χ0) is 14.5. The van der Waals surface area contributed by atoms with Crippen LogP contribution in [0.2, 0.25) is 10.0 Å². The second-order valence-corrected chi connectivity index (χ2v) is 6.41. The third-order valence-electron chi connectivity index (χ3n) is 2.85. The summed E-state index contributed by atoms with van der Waals surface area (Å²) in [5.74, 6) is 0.732. The number of halogens is 2. The molecule has 1 atom stereocenters. The average Bonchev–Trinajstić information content (AvgIpc) is 2.78. The number of thioether (sulfide) groups is 1. The van der Waals surface area contributed by atoms with E-state index in [1.54, 1.807) is 18.0 Å². The first-order chi connectivity index (χ1) is 9.61. The monoisotopic (exact) mass is 329 g/mol. The van der Waals surface area contributed by atoms with Gasteiger partial charge in [0.25, 0.3) is 0 Å². The minimum Gasteiger partial charge on any atom is -0.322 e. The second-order valence-electron chi connectivity index (χ2n) is 4.48. The van der Waals surface area contributed by atoms with E-state index in [1.165, 1.54) is 0 Å². The van der Waals surface area contributed by atoms with Gasteiger partial charge < -0.3 is 5.73 Å². The Morgan fingerprint density at radius 1 is 1.40 bits per heavy atom. The Kier molecular flexibility index (Phi) is 5.78. The van der Waals surface area contributed by atoms with Gasteiger partial charge in [0.1, 0.15) is 0 Å². The number of hydrogen-bond acceptors (Lipinski definition) is 3. The van der Waals surface area contributed by atoms with E-state index in [9.17, 15) is 0 Å². The molecule has 0 bridgehead atoms. The van der Waals surface area contributed by atoms with E-state index in [4.69, 9.17) is 28.9 Å². The SMILES string of the molecule is CCCn1ncc(Cl)c1C(N)CSc1cccc(Cl)c1. The molecule has 2 rings (SSSR count). The van der Waals surface area contributed by atoms with Gasteiger partial charge >= 0.3 is 0 Å². The second kappa shape index (κ2) is 7.36. The van der Waals surface area contributed by atoms with Crippen LogP contribution in [0.3, 0.4) is 0 Å². The molecule has 0 fully saturated rings. The van der Waals surface area contributed by atoms with Crippen molar-refractivity contribution >= 4 is 35.0 Å². The third-order valence-corrected chi connectivity index (χ3v) is 4.48. The Labute approximate surface area is 133 Å². The van der Waals surface area contributed by atoms with Crippen molar-refractivity contribution in [2.24, 2.45) is 5.73 Å². The first kappa shape index (κ1) is 15.7. The average molecular weight is 330 g/mol. The van der Waals surface area contributed by atoms with Gasteiger partial charge in [0.05, 0.1) is 23.0 Å². The number of rotatable bonds is 6. The molecule has 1 aromatic carbocycles. The van der Waals surface area contributed by atoms with Crippen molar-refractivity contribution in [1.29, 1.82) is 0 Å². The molecule has 3 nitrogen and oxygen atoms in total. The predicted molar refractivity (Wildman–Crippen MR) is 86.6 cm³/mol. The summed E-state index contributed by atoms with van der Waals surface area (Å²) in [5, 5.41) is 5.64. The lowest BCUT2D eigenvalue weighted by molar-refractivity contribution is 0.554. The maximum Gasteiger partial charge on any atom is 0.0834 e. The molecular weight excluding hydrogens is 313 g/mol. The molecule has 20 heavy (non-hydrogen) atoms. The Morgan fingerprint density at radius 3 is 2.90 bits per heavy atom. The minimum absolute atomic E-state index is 0.152. The molecule has 0 aliphatic heterocycles. The quantitative estimate of drug-likeness (QED) is 0.799. The number of benzene rings is 1. The van der Waals surface area contributed by atoms with Gasteiger partial charge in [-0.1, -0.05) is 36.2 Å². The van der Waals surface area contributed by atoms with E-state index < -0.39 is 0 Å². The van der Waals surface area contributed by atoms with Crippen LogP contribution in [-0.4, -0.2) is 15.5 Å². The van der Waals surface area contributed by atoms with Crippen molar-refractivity contribution in [2.75, 3.05) is 5.75 Å². The van der Waals surface area contributed by atoms with Crippen LogP contribution in [0.5, 0.6) is 0 Å². The zero-order valence-corrected chi connectivity index (χ0v) is 13.5. The standard InChI is InChI=1S/C14H17Cl2N3S/c1-2-6-19-14(12(16)8-18-19)13(17)9-20-11-5-3-4-10(15)7-11/h3-5,7-8,13H,2,6,9,17H2,1H3. The van der Waals surface area contributed by atoms with Crippen LogP contribution in [0, 0.1) is 0 Å². The van der Waals surface area contributed by atoms with E-state index in [0.717, 1.165) is 34.3 Å². The smallest absolute Gasteiger partial charge is 0.0834 e. The molecule has 2 N–H and O–H groups in total. The van der Waals surface area contributed by atoms with E-state index in [0.29, 0.717) is 5.02 Å². The van der Waals surface area contributed by atoms with E-state index in [-0.39, 0.29) is 6.04 Å². The largest absolute Gasteiger partial charge is 0.322 e. The minimum atomic E-state index is -0.152. The summed E-state index contributed by atoms with van der Waals surface area (Å²) in [6.45, 7) is 2.93. The molecule has 6 heteroatoms. The highest BCUT2D eigenvalue weighted by molar-refractivity contribution is 7.99. The van der Waals surface area contributed by atoms with Crippen LogP contribution >= 0.6 is 35.0 Å². The Balaban J connectivity index is 2.05. The van der Waals surface area contributed by atoms with Crippen molar-refractivity contribution in [3.05, 3.63) is 46.2 Å². The summed E-state index contributed by atoms with van der Waals surface area (Å²) in [6.07, 6.45) is 2.66. The maximum atomic E-state index is 6.26. The van der Waals surface area contributed by atoms with Crippen molar-refractivity contribution in [2.45, 2.75) is 30.8 Å². The van der Waals surface area contributed by atoms with Crippen molar-refractivity contribution < 1.29 is 0 Å². The molecule has 108 valence electrons. The normalized spacial score (nSPS) is 12.6. The first-order valence-electron chi connectivity index (χ1n) is 6.47. The molecule has 0 saturated heterocycles. The Hall–Kier alpha value is -0.680. The maximum absolute atomic E-state index is 6.26. The van der Waals surface area contributed by atoms with Crippen LogP contribution in [0.15, 0.2) is 35.4 Å². The molecule has 1 aromatic heterocycles. The molecule has 1 heterocycles. The van der Waals surface area contributed by atoms with Gasteiger partial charge in [-0.25, -0.2) is 0 Å². The highest BCUT2D eigenvalue weighted by Crippen LogP contribution is 2.28. The van der Waals surface area contributed by atoms with Crippen LogP contribution in [-0.2, 0) is 6.54 Å². The fourth-order valence-electron chi connectivity index (χ4n) is 1.95. The van der Waals surface area contributed by atoms with E-state index >= 15 is 0 Å². The number of nitrogens with two attached hydrogens (primary N) is 1. The summed E-state index contributed by atoms with van der Waals surface area (Å²) in [5.41, 5.74) is 7.16. The van der Waals surface area contributed by atoms with E-state index in [2.05, 4.69) is 12.0 Å². The highest BCUT2D eigenvalue weighted by atomic mass is 35.5. The highest BCUT2D eigenvalue weighted by Gasteiger charge is 2.16. The molecule has 0 amide bonds. The lowest BCUT2D eigenvalue weighted by Gasteiger charge is -2.14. The topological polar surface area (TPSA) is 43.8 Å². The Morgan fingerprint density at radius 2 is 2.20 bits per heavy atom. The summed E-state index contributed by atoms with van der Waals surface area (Å²) < 4.78 is 1.89. The fourth-order valence-corrected chi connectivity index (χ4v) is 3.40. The van der Waals surface area contributed by atoms with Gasteiger partial charge in [0.2, 0.25) is 0 Å². The molecule has 0 spiro atoms. The lowest BCUT2D eigenvalue weighted by atomic mass is 10.2. The van der Waals surface area contributed by atoms with Crippen molar-refractivity contribution in [3.8, 4) is 0 Å². The summed E-state index contributed by atoms with van der Waals surface area (Å²) in [4.78, 5) is 1.10. The molecular formula is C14H17Cl2N3S. The molecule has 0 aliphatic carbocycles. The molecule has 2 aromatic rings. The first-order valence-corrected chi connectivity index (χ1v) is 8.21. The van der Waals surface area contributed by atoms with Crippen molar-refractivity contribution in [1.82, 2.24) is 9.78 Å². The van der Waals surface area contributed by atoms with Gasteiger partial charge in [0.15, 0.2) is 0 Å². The summed E-state index contributed by atoms with van der Waals surface area (Å²) >= 11 is 13.8. The fraction of sp³-hybridized carbons (Fsp3) is 0.357. The van der Waals surface area contributed by atoms with Gasteiger partial charge in [-0.2, -0.15) is 5.10 Å². The van der Waals surface area contributed by atoms with Crippen LogP contribution in [0.25, 0.3) is 0 Å². The van der Waals surface area contributed by atoms with Crippen LogP contribution < -0.4 is 5.73 Å². The van der Waals surface area contributed by atoms with Crippen LogP contribution in [0.1, 0.15) is 25.1 Å². The lowest BCUT2D eigenvalue weighted by Crippen LogP contribution is -2.19. The number of aromatic nitrogens is 2. The summed E-state index contributed by atoms with van der Waals surface area (Å²) in [6, 6.07) is 7.60. The molecule has 0 aliphatic rings. The number of nitrogens with zero attached hydrogens (tertiary/aromatic N) is 2. The van der Waals surface area contributed by atoms with Gasteiger partial charge in [-0.3, -0.25) is 4.68 Å².